The van der Waals surface area contributed by atoms with E-state index in [9.17, 15) is 4.79 Å². The highest BCUT2D eigenvalue weighted by Gasteiger charge is 1.92. The molecule has 0 saturated carbocycles. The molecular weight excluding hydrogens is 170 g/mol. The zero-order valence-electron chi connectivity index (χ0n) is 8.15. The fourth-order valence-corrected chi connectivity index (χ4v) is 0.759. The summed E-state index contributed by atoms with van der Waals surface area (Å²) in [6.07, 6.45) is 1.57. The largest absolute Gasteiger partial charge is 0.508 e. The lowest BCUT2D eigenvalue weighted by Crippen LogP contribution is -2.16. The lowest BCUT2D eigenvalue weighted by Gasteiger charge is -1.98. The third-order valence-electron chi connectivity index (χ3n) is 1.32. The van der Waals surface area contributed by atoms with Crippen molar-refractivity contribution >= 4 is 0 Å². The summed E-state index contributed by atoms with van der Waals surface area (Å²) >= 11 is 0. The van der Waals surface area contributed by atoms with E-state index in [1.165, 1.54) is 16.7 Å². The van der Waals surface area contributed by atoms with Gasteiger partial charge in [-0.15, -0.1) is 0 Å². The van der Waals surface area contributed by atoms with Gasteiger partial charge in [0.15, 0.2) is 0 Å². The molecule has 1 aromatic rings. The molecule has 0 aliphatic rings. The van der Waals surface area contributed by atoms with E-state index in [0.29, 0.717) is 6.54 Å². The number of nitrogens with zero attached hydrogens (tertiary/aromatic N) is 1. The summed E-state index contributed by atoms with van der Waals surface area (Å²) in [6, 6.07) is 2.69. The highest BCUT2D eigenvalue weighted by atomic mass is 16.4. The number of hydrogen-bond donors (Lipinski definition) is 1. The number of ether oxygens (including phenoxy) is 1. The summed E-state index contributed by atoms with van der Waals surface area (Å²) in [5.41, 5.74) is -0.164. The first-order valence-electron chi connectivity index (χ1n) is 3.95. The number of aryl methyl sites for hydroxylation is 1. The Labute approximate surface area is 77.4 Å². The molecule has 74 valence electrons. The maximum Gasteiger partial charge on any atom is 0.254 e. The molecule has 0 aromatic carbocycles. The fourth-order valence-electron chi connectivity index (χ4n) is 0.759. The molecule has 4 heteroatoms. The van der Waals surface area contributed by atoms with Gasteiger partial charge < -0.3 is 14.4 Å². The molecule has 0 unspecified atom stereocenters. The van der Waals surface area contributed by atoms with Crippen LogP contribution in [0.15, 0.2) is 23.1 Å². The molecule has 1 rings (SSSR count). The zero-order valence-corrected chi connectivity index (χ0v) is 8.15. The van der Waals surface area contributed by atoms with Gasteiger partial charge in [-0.1, -0.05) is 0 Å². The van der Waals surface area contributed by atoms with Crippen LogP contribution in [0, 0.1) is 0 Å². The van der Waals surface area contributed by atoms with Crippen LogP contribution in [0.5, 0.6) is 5.75 Å². The molecule has 0 spiro atoms. The summed E-state index contributed by atoms with van der Waals surface area (Å²) in [5, 5.41) is 8.82. The summed E-state index contributed by atoms with van der Waals surface area (Å²) in [6.45, 7) is 2.51. The van der Waals surface area contributed by atoms with Crippen molar-refractivity contribution in [2.24, 2.45) is 0 Å². The van der Waals surface area contributed by atoms with Crippen LogP contribution in [0.4, 0.5) is 0 Å². The second-order valence-corrected chi connectivity index (χ2v) is 2.42. The molecule has 1 N–H and O–H groups in total. The summed E-state index contributed by atoms with van der Waals surface area (Å²) in [7, 11) is 3.25. The van der Waals surface area contributed by atoms with Gasteiger partial charge in [0.1, 0.15) is 5.75 Å². The van der Waals surface area contributed by atoms with E-state index in [1.807, 2.05) is 6.92 Å². The Morgan fingerprint density at radius 2 is 2.08 bits per heavy atom. The number of methoxy groups -OCH3 is 1. The predicted molar refractivity (Wildman–Crippen MR) is 51.0 cm³/mol. The van der Waals surface area contributed by atoms with Crippen molar-refractivity contribution in [1.82, 2.24) is 4.57 Å². The Morgan fingerprint density at radius 1 is 1.54 bits per heavy atom. The van der Waals surface area contributed by atoms with Gasteiger partial charge in [-0.25, -0.2) is 0 Å². The number of pyridine rings is 1. The second-order valence-electron chi connectivity index (χ2n) is 2.42. The zero-order chi connectivity index (χ0) is 10.3. The lowest BCUT2D eigenvalue weighted by molar-refractivity contribution is 0.277. The molecule has 0 aliphatic heterocycles. The average molecular weight is 185 g/mol. The lowest BCUT2D eigenvalue weighted by atomic mass is 10.4. The SMILES string of the molecule is CCn1ccc(O)cc1=O.COC. The first-order valence-corrected chi connectivity index (χ1v) is 3.95. The summed E-state index contributed by atoms with van der Waals surface area (Å²) < 4.78 is 5.76. The van der Waals surface area contributed by atoms with Crippen molar-refractivity contribution in [3.8, 4) is 5.75 Å². The van der Waals surface area contributed by atoms with Crippen LogP contribution in [-0.2, 0) is 11.3 Å². The second kappa shape index (κ2) is 6.25. The van der Waals surface area contributed by atoms with Crippen molar-refractivity contribution in [2.75, 3.05) is 14.2 Å². The predicted octanol–water partition coefficient (Wildman–Crippen LogP) is 0.836. The molecule has 0 aliphatic carbocycles. The molecule has 0 amide bonds. The van der Waals surface area contributed by atoms with Crippen LogP contribution in [0.2, 0.25) is 0 Å². The Kier molecular flexibility index (Phi) is 5.63. The van der Waals surface area contributed by atoms with Crippen LogP contribution in [0.1, 0.15) is 6.92 Å². The maximum absolute atomic E-state index is 10.9. The molecule has 13 heavy (non-hydrogen) atoms. The van der Waals surface area contributed by atoms with Crippen LogP contribution in [-0.4, -0.2) is 23.9 Å². The van der Waals surface area contributed by atoms with Gasteiger partial charge >= 0.3 is 0 Å². The highest BCUT2D eigenvalue weighted by Crippen LogP contribution is 2.00. The van der Waals surface area contributed by atoms with Crippen molar-refractivity contribution < 1.29 is 9.84 Å². The smallest absolute Gasteiger partial charge is 0.254 e. The topological polar surface area (TPSA) is 51.5 Å². The molecule has 4 nitrogen and oxygen atoms in total. The summed E-state index contributed by atoms with van der Waals surface area (Å²) in [4.78, 5) is 10.9. The molecule has 0 radical (unpaired) electrons. The quantitative estimate of drug-likeness (QED) is 0.705. The van der Waals surface area contributed by atoms with Gasteiger partial charge in [0, 0.05) is 33.0 Å². The van der Waals surface area contributed by atoms with Crippen LogP contribution in [0.3, 0.4) is 0 Å². The van der Waals surface area contributed by atoms with Crippen LogP contribution < -0.4 is 5.56 Å². The number of aromatic nitrogens is 1. The molecule has 0 saturated heterocycles. The van der Waals surface area contributed by atoms with Gasteiger partial charge in [-0.05, 0) is 13.0 Å². The van der Waals surface area contributed by atoms with E-state index < -0.39 is 0 Å². The van der Waals surface area contributed by atoms with E-state index >= 15 is 0 Å². The summed E-state index contributed by atoms with van der Waals surface area (Å²) in [5.74, 6) is 0.0229. The minimum absolute atomic E-state index is 0.0229. The highest BCUT2D eigenvalue weighted by molar-refractivity contribution is 5.15. The van der Waals surface area contributed by atoms with Gasteiger partial charge in [0.2, 0.25) is 0 Å². The monoisotopic (exact) mass is 185 g/mol. The Bertz CT molecular complexity index is 293. The minimum atomic E-state index is -0.164. The van der Waals surface area contributed by atoms with Gasteiger partial charge in [0.05, 0.1) is 0 Å². The molecule has 0 fully saturated rings. The molecular formula is C9H15NO3. The van der Waals surface area contributed by atoms with Crippen molar-refractivity contribution in [3.05, 3.63) is 28.7 Å². The van der Waals surface area contributed by atoms with Crippen molar-refractivity contribution in [2.45, 2.75) is 13.5 Å². The van der Waals surface area contributed by atoms with Gasteiger partial charge in [0.25, 0.3) is 5.56 Å². The van der Waals surface area contributed by atoms with Crippen molar-refractivity contribution in [3.63, 3.8) is 0 Å². The first kappa shape index (κ1) is 11.7. The van der Waals surface area contributed by atoms with E-state index in [1.54, 1.807) is 20.4 Å². The number of hydrogen-bond acceptors (Lipinski definition) is 3. The number of rotatable bonds is 1. The van der Waals surface area contributed by atoms with Gasteiger partial charge in [-0.2, -0.15) is 0 Å². The first-order chi connectivity index (χ1) is 6.15. The fraction of sp³-hybridized carbons (Fsp3) is 0.444. The Morgan fingerprint density at radius 3 is 2.46 bits per heavy atom. The Hall–Kier alpha value is -1.29. The molecule has 1 aromatic heterocycles. The van der Waals surface area contributed by atoms with Crippen LogP contribution >= 0.6 is 0 Å². The third kappa shape index (κ3) is 4.32. The molecule has 0 bridgehead atoms. The number of aromatic hydroxyl groups is 1. The van der Waals surface area contributed by atoms with E-state index in [2.05, 4.69) is 4.74 Å². The minimum Gasteiger partial charge on any atom is -0.508 e. The molecule has 1 heterocycles. The average Bonchev–Trinajstić information content (AvgIpc) is 2.06. The van der Waals surface area contributed by atoms with E-state index in [-0.39, 0.29) is 11.3 Å². The third-order valence-corrected chi connectivity index (χ3v) is 1.32. The Balaban J connectivity index is 0.000000424. The maximum atomic E-state index is 10.9. The van der Waals surface area contributed by atoms with Crippen LogP contribution in [0.25, 0.3) is 0 Å². The molecule has 0 atom stereocenters. The van der Waals surface area contributed by atoms with Crippen molar-refractivity contribution in [1.29, 1.82) is 0 Å². The van der Waals surface area contributed by atoms with E-state index in [0.717, 1.165) is 0 Å². The van der Waals surface area contributed by atoms with Gasteiger partial charge in [-0.3, -0.25) is 4.79 Å². The van der Waals surface area contributed by atoms with E-state index in [4.69, 9.17) is 5.11 Å². The standard InChI is InChI=1S/C7H9NO2.C2H6O/c1-2-8-4-3-6(9)5-7(8)10;1-3-2/h3-5,9H,2H2,1H3;1-2H3. The normalized spacial score (nSPS) is 8.85.